The van der Waals surface area contributed by atoms with E-state index in [1.807, 2.05) is 37.0 Å². The molecule has 1 fully saturated rings. The summed E-state index contributed by atoms with van der Waals surface area (Å²) in [7, 11) is 0. The summed E-state index contributed by atoms with van der Waals surface area (Å²) in [4.78, 5) is 16.7. The van der Waals surface area contributed by atoms with Crippen LogP contribution in [0.1, 0.15) is 43.9 Å². The Morgan fingerprint density at radius 2 is 2.23 bits per heavy atom. The quantitative estimate of drug-likeness (QED) is 0.920. The molecule has 0 aliphatic carbocycles. The fourth-order valence-corrected chi connectivity index (χ4v) is 3.77. The molecule has 2 unspecified atom stereocenters. The van der Waals surface area contributed by atoms with Crippen molar-refractivity contribution in [2.24, 2.45) is 0 Å². The molecule has 1 N–H and O–H groups in total. The molecule has 0 saturated carbocycles. The third kappa shape index (κ3) is 5.29. The molecule has 4 nitrogen and oxygen atoms in total. The van der Waals surface area contributed by atoms with Crippen LogP contribution in [0, 0.1) is 6.92 Å². The van der Waals surface area contributed by atoms with E-state index < -0.39 is 5.60 Å². The summed E-state index contributed by atoms with van der Waals surface area (Å²) in [6, 6.07) is 5.16. The number of nitrogens with one attached hydrogen (secondary N) is 1. The number of carbonyl (C=O) groups excluding carboxylic acids is 1. The number of ether oxygens (including phenoxy) is 1. The summed E-state index contributed by atoms with van der Waals surface area (Å²) in [5.74, 6) is 0. The van der Waals surface area contributed by atoms with Crippen LogP contribution >= 0.6 is 11.3 Å². The summed E-state index contributed by atoms with van der Waals surface area (Å²) in [5.41, 5.74) is -0.424. The first-order chi connectivity index (χ1) is 10.2. The van der Waals surface area contributed by atoms with Crippen LogP contribution in [0.25, 0.3) is 0 Å². The average Bonchev–Trinajstić information content (AvgIpc) is 2.96. The molecule has 0 aromatic carbocycles. The maximum Gasteiger partial charge on any atom is 0.410 e. The topological polar surface area (TPSA) is 41.6 Å². The zero-order valence-electron chi connectivity index (χ0n) is 14.3. The number of likely N-dealkylation sites (tertiary alicyclic amines) is 1. The maximum absolute atomic E-state index is 12.1. The zero-order chi connectivity index (χ0) is 16.3. The molecule has 2 heterocycles. The van der Waals surface area contributed by atoms with Crippen molar-refractivity contribution in [1.82, 2.24) is 10.2 Å². The molecule has 1 aromatic heterocycles. The van der Waals surface area contributed by atoms with Crippen LogP contribution in [-0.2, 0) is 11.2 Å². The van der Waals surface area contributed by atoms with Gasteiger partial charge < -0.3 is 15.0 Å². The van der Waals surface area contributed by atoms with Gasteiger partial charge in [0.05, 0.1) is 0 Å². The van der Waals surface area contributed by atoms with E-state index in [0.29, 0.717) is 12.1 Å². The van der Waals surface area contributed by atoms with Crippen LogP contribution in [0.2, 0.25) is 0 Å². The standard InChI is InChI=1S/C17H28N2O2S/c1-12(10-15-7-6-13(2)22-15)18-14-8-9-19(11-14)16(20)21-17(3,4)5/h6-7,12,14,18H,8-11H2,1-5H3. The largest absolute Gasteiger partial charge is 0.444 e. The van der Waals surface area contributed by atoms with Crippen molar-refractivity contribution < 1.29 is 9.53 Å². The second-order valence-electron chi connectivity index (χ2n) is 7.20. The lowest BCUT2D eigenvalue weighted by Gasteiger charge is -2.25. The Morgan fingerprint density at radius 3 is 2.82 bits per heavy atom. The van der Waals surface area contributed by atoms with E-state index in [0.717, 1.165) is 25.9 Å². The van der Waals surface area contributed by atoms with Gasteiger partial charge in [0.1, 0.15) is 5.60 Å². The van der Waals surface area contributed by atoms with Crippen LogP contribution in [0.15, 0.2) is 12.1 Å². The fourth-order valence-electron chi connectivity index (χ4n) is 2.75. The highest BCUT2D eigenvalue weighted by molar-refractivity contribution is 7.11. The van der Waals surface area contributed by atoms with Crippen LogP contribution in [0.4, 0.5) is 4.79 Å². The second kappa shape index (κ2) is 7.01. The summed E-state index contributed by atoms with van der Waals surface area (Å²) in [5, 5.41) is 3.64. The van der Waals surface area contributed by atoms with Gasteiger partial charge in [-0.2, -0.15) is 0 Å². The summed E-state index contributed by atoms with van der Waals surface area (Å²) < 4.78 is 5.43. The monoisotopic (exact) mass is 324 g/mol. The molecule has 1 aliphatic rings. The van der Waals surface area contributed by atoms with Gasteiger partial charge >= 0.3 is 6.09 Å². The lowest BCUT2D eigenvalue weighted by molar-refractivity contribution is 0.0290. The molecular formula is C17H28N2O2S. The van der Waals surface area contributed by atoms with Gasteiger partial charge in [-0.15, -0.1) is 11.3 Å². The van der Waals surface area contributed by atoms with Crippen molar-refractivity contribution in [2.75, 3.05) is 13.1 Å². The van der Waals surface area contributed by atoms with Crippen molar-refractivity contribution >= 4 is 17.4 Å². The third-order valence-corrected chi connectivity index (χ3v) is 4.69. The van der Waals surface area contributed by atoms with E-state index in [-0.39, 0.29) is 6.09 Å². The number of hydrogen-bond donors (Lipinski definition) is 1. The van der Waals surface area contributed by atoms with Gasteiger partial charge in [-0.1, -0.05) is 0 Å². The van der Waals surface area contributed by atoms with E-state index in [2.05, 4.69) is 31.3 Å². The first-order valence-corrected chi connectivity index (χ1v) is 8.84. The zero-order valence-corrected chi connectivity index (χ0v) is 15.1. The predicted molar refractivity (Wildman–Crippen MR) is 91.6 cm³/mol. The minimum absolute atomic E-state index is 0.196. The highest BCUT2D eigenvalue weighted by Crippen LogP contribution is 2.19. The van der Waals surface area contributed by atoms with Gasteiger partial charge in [0.15, 0.2) is 0 Å². The van der Waals surface area contributed by atoms with Crippen molar-refractivity contribution in [3.05, 3.63) is 21.9 Å². The number of thiophene rings is 1. The SMILES string of the molecule is Cc1ccc(CC(C)NC2CCN(C(=O)OC(C)(C)C)C2)s1. The second-order valence-corrected chi connectivity index (χ2v) is 8.57. The van der Waals surface area contributed by atoms with Crippen LogP contribution < -0.4 is 5.32 Å². The van der Waals surface area contributed by atoms with E-state index in [1.54, 1.807) is 0 Å². The lowest BCUT2D eigenvalue weighted by Crippen LogP contribution is -2.41. The Morgan fingerprint density at radius 1 is 1.50 bits per heavy atom. The number of hydrogen-bond acceptors (Lipinski definition) is 4. The average molecular weight is 324 g/mol. The molecule has 1 aliphatic heterocycles. The van der Waals surface area contributed by atoms with Gasteiger partial charge in [-0.3, -0.25) is 0 Å². The molecular weight excluding hydrogens is 296 g/mol. The number of aryl methyl sites for hydroxylation is 1. The molecule has 1 aromatic rings. The van der Waals surface area contributed by atoms with Gasteiger partial charge in [-0.05, 0) is 59.6 Å². The van der Waals surface area contributed by atoms with E-state index in [9.17, 15) is 4.79 Å². The minimum atomic E-state index is -0.424. The lowest BCUT2D eigenvalue weighted by atomic mass is 10.1. The van der Waals surface area contributed by atoms with E-state index in [4.69, 9.17) is 4.74 Å². The Labute approximate surface area is 137 Å². The first-order valence-electron chi connectivity index (χ1n) is 8.02. The third-order valence-electron chi connectivity index (χ3n) is 3.66. The van der Waals surface area contributed by atoms with Gasteiger partial charge in [0.2, 0.25) is 0 Å². The molecule has 2 atom stereocenters. The fraction of sp³-hybridized carbons (Fsp3) is 0.706. The molecule has 1 saturated heterocycles. The summed E-state index contributed by atoms with van der Waals surface area (Å²) >= 11 is 1.86. The Bertz CT molecular complexity index is 507. The molecule has 22 heavy (non-hydrogen) atoms. The molecule has 0 bridgehead atoms. The van der Waals surface area contributed by atoms with Crippen molar-refractivity contribution in [3.63, 3.8) is 0 Å². The normalized spacial score (nSPS) is 20.2. The summed E-state index contributed by atoms with van der Waals surface area (Å²) in [6.45, 7) is 11.6. The molecule has 124 valence electrons. The van der Waals surface area contributed by atoms with Gasteiger partial charge in [0, 0.05) is 34.9 Å². The Kier molecular flexibility index (Phi) is 5.50. The van der Waals surface area contributed by atoms with Crippen LogP contribution in [-0.4, -0.2) is 41.8 Å². The smallest absolute Gasteiger partial charge is 0.410 e. The highest BCUT2D eigenvalue weighted by Gasteiger charge is 2.30. The molecule has 0 spiro atoms. The van der Waals surface area contributed by atoms with E-state index >= 15 is 0 Å². The number of carbonyl (C=O) groups is 1. The molecule has 5 heteroatoms. The molecule has 2 rings (SSSR count). The minimum Gasteiger partial charge on any atom is -0.444 e. The Hall–Kier alpha value is -1.07. The van der Waals surface area contributed by atoms with Crippen molar-refractivity contribution in [2.45, 2.75) is 65.1 Å². The van der Waals surface area contributed by atoms with Gasteiger partial charge in [0.25, 0.3) is 0 Å². The number of rotatable bonds is 4. The van der Waals surface area contributed by atoms with Crippen molar-refractivity contribution in [1.29, 1.82) is 0 Å². The van der Waals surface area contributed by atoms with E-state index in [1.165, 1.54) is 9.75 Å². The molecule has 1 amide bonds. The van der Waals surface area contributed by atoms with Crippen LogP contribution in [0.5, 0.6) is 0 Å². The number of nitrogens with zero attached hydrogens (tertiary/aromatic N) is 1. The highest BCUT2D eigenvalue weighted by atomic mass is 32.1. The maximum atomic E-state index is 12.1. The number of amides is 1. The first kappa shape index (κ1) is 17.3. The van der Waals surface area contributed by atoms with Crippen LogP contribution in [0.3, 0.4) is 0 Å². The summed E-state index contributed by atoms with van der Waals surface area (Å²) in [6.07, 6.45) is 1.84. The van der Waals surface area contributed by atoms with Gasteiger partial charge in [-0.25, -0.2) is 4.79 Å². The predicted octanol–water partition coefficient (Wildman–Crippen LogP) is 3.59. The van der Waals surface area contributed by atoms with Crippen molar-refractivity contribution in [3.8, 4) is 0 Å². The molecule has 0 radical (unpaired) electrons. The Balaban J connectivity index is 1.77.